The lowest BCUT2D eigenvalue weighted by molar-refractivity contribution is 0.0786. The molecule has 0 atom stereocenters. The van der Waals surface area contributed by atoms with Crippen molar-refractivity contribution < 1.29 is 9.53 Å². The maximum absolute atomic E-state index is 12.2. The van der Waals surface area contributed by atoms with Crippen molar-refractivity contribution >= 4 is 17.4 Å². The van der Waals surface area contributed by atoms with Crippen LogP contribution < -0.4 is 10.1 Å². The van der Waals surface area contributed by atoms with Gasteiger partial charge in [-0.25, -0.2) is 0 Å². The molecule has 1 fully saturated rings. The smallest absolute Gasteiger partial charge is 0.274 e. The molecule has 1 aliphatic heterocycles. The Morgan fingerprint density at radius 2 is 1.87 bits per heavy atom. The van der Waals surface area contributed by atoms with Gasteiger partial charge in [0.2, 0.25) is 0 Å². The predicted molar refractivity (Wildman–Crippen MR) is 88.1 cm³/mol. The average molecular weight is 312 g/mol. The third kappa shape index (κ3) is 3.77. The van der Waals surface area contributed by atoms with Crippen molar-refractivity contribution in [3.63, 3.8) is 0 Å². The molecule has 0 unspecified atom stereocenters. The molecule has 2 aromatic rings. The van der Waals surface area contributed by atoms with E-state index in [1.807, 2.05) is 36.1 Å². The lowest BCUT2D eigenvalue weighted by Crippen LogP contribution is -2.28. The van der Waals surface area contributed by atoms with E-state index < -0.39 is 0 Å². The summed E-state index contributed by atoms with van der Waals surface area (Å²) in [6, 6.07) is 11.1. The molecule has 0 radical (unpaired) electrons. The minimum absolute atomic E-state index is 0.0392. The Morgan fingerprint density at radius 1 is 1.13 bits per heavy atom. The summed E-state index contributed by atoms with van der Waals surface area (Å²) >= 11 is 0. The third-order valence-electron chi connectivity index (χ3n) is 3.71. The number of benzene rings is 1. The number of nitrogens with zero attached hydrogens (tertiary/aromatic N) is 3. The third-order valence-corrected chi connectivity index (χ3v) is 3.71. The summed E-state index contributed by atoms with van der Waals surface area (Å²) in [5, 5.41) is 11.3. The van der Waals surface area contributed by atoms with Crippen LogP contribution in [0, 0.1) is 0 Å². The zero-order chi connectivity index (χ0) is 16.1. The Morgan fingerprint density at radius 3 is 2.48 bits per heavy atom. The Labute approximate surface area is 135 Å². The molecule has 1 amide bonds. The molecule has 120 valence electrons. The van der Waals surface area contributed by atoms with E-state index in [1.165, 1.54) is 0 Å². The fourth-order valence-corrected chi connectivity index (χ4v) is 2.54. The lowest BCUT2D eigenvalue weighted by atomic mass is 10.3. The van der Waals surface area contributed by atoms with Gasteiger partial charge in [-0.1, -0.05) is 0 Å². The van der Waals surface area contributed by atoms with E-state index in [-0.39, 0.29) is 5.91 Å². The van der Waals surface area contributed by atoms with Crippen LogP contribution in [-0.2, 0) is 0 Å². The highest BCUT2D eigenvalue weighted by Gasteiger charge is 2.20. The minimum atomic E-state index is -0.0392. The summed E-state index contributed by atoms with van der Waals surface area (Å²) < 4.78 is 5.40. The van der Waals surface area contributed by atoms with Gasteiger partial charge >= 0.3 is 0 Å². The van der Waals surface area contributed by atoms with Gasteiger partial charge in [0, 0.05) is 18.8 Å². The van der Waals surface area contributed by atoms with E-state index >= 15 is 0 Å². The van der Waals surface area contributed by atoms with Gasteiger partial charge in [-0.15, -0.1) is 10.2 Å². The van der Waals surface area contributed by atoms with Crippen LogP contribution in [0.15, 0.2) is 36.4 Å². The zero-order valence-corrected chi connectivity index (χ0v) is 13.2. The molecule has 2 heterocycles. The normalized spacial score (nSPS) is 13.9. The number of carbonyl (C=O) groups is 1. The highest BCUT2D eigenvalue weighted by Crippen LogP contribution is 2.19. The van der Waals surface area contributed by atoms with E-state index in [4.69, 9.17) is 4.74 Å². The van der Waals surface area contributed by atoms with Crippen LogP contribution in [0.5, 0.6) is 5.75 Å². The second kappa shape index (κ2) is 7.09. The van der Waals surface area contributed by atoms with Gasteiger partial charge < -0.3 is 15.0 Å². The van der Waals surface area contributed by atoms with Crippen molar-refractivity contribution in [2.75, 3.05) is 25.0 Å². The fraction of sp³-hybridized carbons (Fsp3) is 0.353. The number of nitrogens with one attached hydrogen (secondary N) is 1. The Balaban J connectivity index is 1.63. The van der Waals surface area contributed by atoms with Gasteiger partial charge in [-0.3, -0.25) is 4.79 Å². The van der Waals surface area contributed by atoms with E-state index in [0.29, 0.717) is 18.1 Å². The number of amides is 1. The summed E-state index contributed by atoms with van der Waals surface area (Å²) in [5.41, 5.74) is 1.28. The number of ether oxygens (including phenoxy) is 1. The van der Waals surface area contributed by atoms with E-state index in [1.54, 1.807) is 12.1 Å². The molecule has 6 heteroatoms. The molecule has 1 aromatic carbocycles. The molecule has 3 rings (SSSR count). The predicted octanol–water partition coefficient (Wildman–Crippen LogP) is 2.85. The van der Waals surface area contributed by atoms with Gasteiger partial charge in [0.25, 0.3) is 5.91 Å². The van der Waals surface area contributed by atoms with Crippen molar-refractivity contribution in [1.29, 1.82) is 0 Å². The standard InChI is InChI=1S/C17H20N4O2/c1-2-23-14-7-5-13(6-8-14)18-16-10-9-15(19-20-16)17(22)21-11-3-4-12-21/h5-10H,2-4,11-12H2,1H3,(H,18,20). The van der Waals surface area contributed by atoms with Gasteiger partial charge in [0.15, 0.2) is 11.5 Å². The number of aromatic nitrogens is 2. The number of hydrogen-bond acceptors (Lipinski definition) is 5. The fourth-order valence-electron chi connectivity index (χ4n) is 2.54. The van der Waals surface area contributed by atoms with Crippen LogP contribution >= 0.6 is 0 Å². The summed E-state index contributed by atoms with van der Waals surface area (Å²) in [6.07, 6.45) is 2.13. The molecule has 0 aliphatic carbocycles. The van der Waals surface area contributed by atoms with Crippen LogP contribution in [0.4, 0.5) is 11.5 Å². The molecule has 0 bridgehead atoms. The van der Waals surface area contributed by atoms with E-state index in [9.17, 15) is 4.79 Å². The minimum Gasteiger partial charge on any atom is -0.494 e. The first-order valence-corrected chi connectivity index (χ1v) is 7.89. The quantitative estimate of drug-likeness (QED) is 0.919. The Bertz CT molecular complexity index is 649. The largest absolute Gasteiger partial charge is 0.494 e. The second-order valence-corrected chi connectivity index (χ2v) is 5.39. The topological polar surface area (TPSA) is 67.3 Å². The number of likely N-dealkylation sites (tertiary alicyclic amines) is 1. The first-order chi connectivity index (χ1) is 11.3. The molecular weight excluding hydrogens is 292 g/mol. The van der Waals surface area contributed by atoms with Gasteiger partial charge in [-0.2, -0.15) is 0 Å². The van der Waals surface area contributed by atoms with Crippen molar-refractivity contribution in [2.45, 2.75) is 19.8 Å². The Kier molecular flexibility index (Phi) is 4.71. The van der Waals surface area contributed by atoms with E-state index in [0.717, 1.165) is 37.4 Å². The summed E-state index contributed by atoms with van der Waals surface area (Å²) in [6.45, 7) is 4.22. The Hall–Kier alpha value is -2.63. The molecule has 6 nitrogen and oxygen atoms in total. The van der Waals surface area contributed by atoms with Crippen LogP contribution in [-0.4, -0.2) is 40.7 Å². The maximum Gasteiger partial charge on any atom is 0.274 e. The summed E-state index contributed by atoms with van der Waals surface area (Å²) in [4.78, 5) is 14.0. The molecule has 1 saturated heterocycles. The average Bonchev–Trinajstić information content (AvgIpc) is 3.11. The van der Waals surface area contributed by atoms with Gasteiger partial charge in [0.1, 0.15) is 5.75 Å². The molecular formula is C17H20N4O2. The number of carbonyl (C=O) groups excluding carboxylic acids is 1. The molecule has 1 aliphatic rings. The van der Waals surface area contributed by atoms with Crippen LogP contribution in [0.2, 0.25) is 0 Å². The van der Waals surface area contributed by atoms with E-state index in [2.05, 4.69) is 15.5 Å². The first kappa shape index (κ1) is 15.3. The zero-order valence-electron chi connectivity index (χ0n) is 13.2. The highest BCUT2D eigenvalue weighted by atomic mass is 16.5. The molecule has 1 N–H and O–H groups in total. The van der Waals surface area contributed by atoms with Crippen molar-refractivity contribution in [1.82, 2.24) is 15.1 Å². The molecule has 23 heavy (non-hydrogen) atoms. The number of anilines is 2. The maximum atomic E-state index is 12.2. The molecule has 0 spiro atoms. The molecule has 0 saturated carbocycles. The SMILES string of the molecule is CCOc1ccc(Nc2ccc(C(=O)N3CCCC3)nn2)cc1. The first-order valence-electron chi connectivity index (χ1n) is 7.89. The highest BCUT2D eigenvalue weighted by molar-refractivity contribution is 5.92. The van der Waals surface area contributed by atoms with Crippen molar-refractivity contribution in [3.05, 3.63) is 42.1 Å². The van der Waals surface area contributed by atoms with Crippen LogP contribution in [0.25, 0.3) is 0 Å². The number of rotatable bonds is 5. The number of hydrogen-bond donors (Lipinski definition) is 1. The molecule has 1 aromatic heterocycles. The van der Waals surface area contributed by atoms with Crippen molar-refractivity contribution in [3.8, 4) is 5.75 Å². The monoisotopic (exact) mass is 312 g/mol. The van der Waals surface area contributed by atoms with Crippen LogP contribution in [0.1, 0.15) is 30.3 Å². The van der Waals surface area contributed by atoms with Gasteiger partial charge in [0.05, 0.1) is 6.61 Å². The van der Waals surface area contributed by atoms with Crippen molar-refractivity contribution in [2.24, 2.45) is 0 Å². The second-order valence-electron chi connectivity index (χ2n) is 5.39. The van der Waals surface area contributed by atoms with Crippen LogP contribution in [0.3, 0.4) is 0 Å². The lowest BCUT2D eigenvalue weighted by Gasteiger charge is -2.14. The summed E-state index contributed by atoms with van der Waals surface area (Å²) in [5.74, 6) is 1.39. The summed E-state index contributed by atoms with van der Waals surface area (Å²) in [7, 11) is 0. The van der Waals surface area contributed by atoms with Gasteiger partial charge in [-0.05, 0) is 56.2 Å².